The Kier molecular flexibility index (Phi) is 7.68. The zero-order chi connectivity index (χ0) is 18.7. The molecule has 0 spiro atoms. The topological polar surface area (TPSA) is 69.7 Å². The van der Waals surface area contributed by atoms with Gasteiger partial charge in [-0.15, -0.1) is 12.4 Å². The molecular formula is C19H30ClN3O3S. The smallest absolute Gasteiger partial charge is 0.243 e. The van der Waals surface area contributed by atoms with E-state index in [9.17, 15) is 13.2 Å². The van der Waals surface area contributed by atoms with E-state index in [1.165, 1.54) is 0 Å². The summed E-state index contributed by atoms with van der Waals surface area (Å²) in [7, 11) is -3.52. The highest BCUT2D eigenvalue weighted by Crippen LogP contribution is 2.24. The number of nitrogens with zero attached hydrogens (tertiary/aromatic N) is 2. The minimum atomic E-state index is -3.52. The van der Waals surface area contributed by atoms with Gasteiger partial charge in [0, 0.05) is 32.2 Å². The Balaban J connectivity index is 0.00000261. The standard InChI is InChI=1S/C19H29N3O3S.ClH/c1-15(2)12-16-5-7-18(8-6-16)26(24,25)21-10-3-4-17(14-21)22-11-9-20-13-19(22)23;/h5-8,15,17,20H,3-4,9-14H2,1-2H3;1H. The molecule has 3 rings (SSSR count). The number of benzene rings is 1. The van der Waals surface area contributed by atoms with Gasteiger partial charge in [-0.25, -0.2) is 8.42 Å². The van der Waals surface area contributed by atoms with E-state index >= 15 is 0 Å². The molecule has 1 amide bonds. The van der Waals surface area contributed by atoms with Crippen molar-refractivity contribution in [2.24, 2.45) is 5.92 Å². The predicted octanol–water partition coefficient (Wildman–Crippen LogP) is 1.89. The average molecular weight is 416 g/mol. The van der Waals surface area contributed by atoms with Crippen LogP contribution in [0.4, 0.5) is 0 Å². The molecular weight excluding hydrogens is 386 g/mol. The molecule has 6 nitrogen and oxygen atoms in total. The summed E-state index contributed by atoms with van der Waals surface area (Å²) in [5.74, 6) is 0.607. The zero-order valence-corrected chi connectivity index (χ0v) is 17.7. The SMILES string of the molecule is CC(C)Cc1ccc(S(=O)(=O)N2CCCC(N3CCNCC3=O)C2)cc1.Cl. The van der Waals surface area contributed by atoms with Crippen LogP contribution < -0.4 is 5.32 Å². The molecule has 27 heavy (non-hydrogen) atoms. The quantitative estimate of drug-likeness (QED) is 0.797. The predicted molar refractivity (Wildman–Crippen MR) is 109 cm³/mol. The van der Waals surface area contributed by atoms with Crippen LogP contribution in [0, 0.1) is 5.92 Å². The van der Waals surface area contributed by atoms with Crippen LogP contribution in [0.3, 0.4) is 0 Å². The van der Waals surface area contributed by atoms with E-state index in [2.05, 4.69) is 19.2 Å². The molecule has 2 fully saturated rings. The van der Waals surface area contributed by atoms with Gasteiger partial charge in [-0.05, 0) is 42.9 Å². The monoisotopic (exact) mass is 415 g/mol. The Bertz CT molecular complexity index is 737. The maximum atomic E-state index is 13.0. The van der Waals surface area contributed by atoms with Gasteiger partial charge in [0.1, 0.15) is 0 Å². The number of carbonyl (C=O) groups is 1. The van der Waals surface area contributed by atoms with Gasteiger partial charge in [0.25, 0.3) is 0 Å². The van der Waals surface area contributed by atoms with Crippen molar-refractivity contribution in [1.29, 1.82) is 0 Å². The lowest BCUT2D eigenvalue weighted by Crippen LogP contribution is -2.57. The lowest BCUT2D eigenvalue weighted by molar-refractivity contribution is -0.135. The number of piperidine rings is 1. The van der Waals surface area contributed by atoms with Crippen LogP contribution in [0.25, 0.3) is 0 Å². The fourth-order valence-corrected chi connectivity index (χ4v) is 5.33. The summed E-state index contributed by atoms with van der Waals surface area (Å²) in [5.41, 5.74) is 1.15. The molecule has 0 aromatic heterocycles. The van der Waals surface area contributed by atoms with E-state index < -0.39 is 10.0 Å². The molecule has 0 bridgehead atoms. The highest BCUT2D eigenvalue weighted by Gasteiger charge is 2.35. The average Bonchev–Trinajstić information content (AvgIpc) is 2.62. The van der Waals surface area contributed by atoms with Crippen LogP contribution >= 0.6 is 12.4 Å². The molecule has 2 saturated heterocycles. The van der Waals surface area contributed by atoms with E-state index in [4.69, 9.17) is 0 Å². The van der Waals surface area contributed by atoms with Gasteiger partial charge < -0.3 is 10.2 Å². The molecule has 1 unspecified atom stereocenters. The number of rotatable bonds is 5. The third-order valence-corrected chi connectivity index (χ3v) is 7.01. The number of sulfonamides is 1. The molecule has 1 N–H and O–H groups in total. The number of hydrogen-bond acceptors (Lipinski definition) is 4. The molecule has 152 valence electrons. The minimum absolute atomic E-state index is 0. The second-order valence-electron chi connectivity index (χ2n) is 7.66. The van der Waals surface area contributed by atoms with Crippen molar-refractivity contribution in [3.05, 3.63) is 29.8 Å². The summed E-state index contributed by atoms with van der Waals surface area (Å²) in [4.78, 5) is 14.3. The maximum Gasteiger partial charge on any atom is 0.243 e. The third-order valence-electron chi connectivity index (χ3n) is 5.13. The molecule has 8 heteroatoms. The molecule has 1 atom stereocenters. The van der Waals surface area contributed by atoms with Crippen LogP contribution in [0.1, 0.15) is 32.3 Å². The molecule has 0 radical (unpaired) electrons. The molecule has 2 aliphatic rings. The first kappa shape index (κ1) is 22.1. The molecule has 2 aliphatic heterocycles. The summed E-state index contributed by atoms with van der Waals surface area (Å²) in [6.07, 6.45) is 2.59. The summed E-state index contributed by atoms with van der Waals surface area (Å²) in [6, 6.07) is 7.23. The van der Waals surface area contributed by atoms with Gasteiger partial charge >= 0.3 is 0 Å². The van der Waals surface area contributed by atoms with E-state index in [1.807, 2.05) is 17.0 Å². The second-order valence-corrected chi connectivity index (χ2v) is 9.60. The van der Waals surface area contributed by atoms with Gasteiger partial charge in [0.15, 0.2) is 0 Å². The van der Waals surface area contributed by atoms with Crippen molar-refractivity contribution in [3.63, 3.8) is 0 Å². The molecule has 0 aliphatic carbocycles. The van der Waals surface area contributed by atoms with Crippen LogP contribution in [0.2, 0.25) is 0 Å². The Hall–Kier alpha value is -1.15. The third kappa shape index (κ3) is 5.22. The van der Waals surface area contributed by atoms with Gasteiger partial charge in [0.2, 0.25) is 15.9 Å². The van der Waals surface area contributed by atoms with E-state index in [0.29, 0.717) is 37.0 Å². The van der Waals surface area contributed by atoms with Crippen molar-refractivity contribution in [2.75, 3.05) is 32.7 Å². The fraction of sp³-hybridized carbons (Fsp3) is 0.632. The number of halogens is 1. The van der Waals surface area contributed by atoms with Crippen LogP contribution in [-0.2, 0) is 21.2 Å². The van der Waals surface area contributed by atoms with Crippen molar-refractivity contribution >= 4 is 28.3 Å². The first-order valence-electron chi connectivity index (χ1n) is 9.47. The van der Waals surface area contributed by atoms with Gasteiger partial charge in [-0.2, -0.15) is 4.31 Å². The Morgan fingerprint density at radius 1 is 1.19 bits per heavy atom. The van der Waals surface area contributed by atoms with Gasteiger partial charge in [-0.1, -0.05) is 26.0 Å². The van der Waals surface area contributed by atoms with E-state index in [0.717, 1.165) is 31.4 Å². The first-order valence-corrected chi connectivity index (χ1v) is 10.9. The number of nitrogens with one attached hydrogen (secondary N) is 1. The number of amides is 1. The summed E-state index contributed by atoms with van der Waals surface area (Å²) >= 11 is 0. The summed E-state index contributed by atoms with van der Waals surface area (Å²) < 4.78 is 27.6. The Morgan fingerprint density at radius 3 is 2.52 bits per heavy atom. The van der Waals surface area contributed by atoms with E-state index in [-0.39, 0.29) is 24.4 Å². The van der Waals surface area contributed by atoms with Crippen molar-refractivity contribution in [2.45, 2.75) is 44.0 Å². The zero-order valence-electron chi connectivity index (χ0n) is 16.1. The van der Waals surface area contributed by atoms with Crippen LogP contribution in [0.15, 0.2) is 29.2 Å². The summed E-state index contributed by atoms with van der Waals surface area (Å²) in [5, 5.41) is 3.07. The first-order chi connectivity index (χ1) is 12.4. The van der Waals surface area contributed by atoms with Crippen molar-refractivity contribution in [3.8, 4) is 0 Å². The molecule has 2 heterocycles. The van der Waals surface area contributed by atoms with Crippen LogP contribution in [-0.4, -0.2) is 62.3 Å². The molecule has 0 saturated carbocycles. The maximum absolute atomic E-state index is 13.0. The molecule has 1 aromatic rings. The largest absolute Gasteiger partial charge is 0.336 e. The lowest BCUT2D eigenvalue weighted by atomic mass is 10.0. The minimum Gasteiger partial charge on any atom is -0.336 e. The lowest BCUT2D eigenvalue weighted by Gasteiger charge is -2.40. The van der Waals surface area contributed by atoms with Crippen molar-refractivity contribution in [1.82, 2.24) is 14.5 Å². The highest BCUT2D eigenvalue weighted by molar-refractivity contribution is 7.89. The van der Waals surface area contributed by atoms with Gasteiger partial charge in [-0.3, -0.25) is 4.79 Å². The van der Waals surface area contributed by atoms with Crippen molar-refractivity contribution < 1.29 is 13.2 Å². The summed E-state index contributed by atoms with van der Waals surface area (Å²) in [6.45, 7) is 6.98. The molecule has 1 aromatic carbocycles. The number of hydrogen-bond donors (Lipinski definition) is 1. The second kappa shape index (κ2) is 9.37. The number of piperazine rings is 1. The number of carbonyl (C=O) groups excluding carboxylic acids is 1. The van der Waals surface area contributed by atoms with Crippen LogP contribution in [0.5, 0.6) is 0 Å². The Morgan fingerprint density at radius 2 is 1.89 bits per heavy atom. The normalized spacial score (nSPS) is 22.0. The highest BCUT2D eigenvalue weighted by atomic mass is 35.5. The van der Waals surface area contributed by atoms with E-state index in [1.54, 1.807) is 16.4 Å². The Labute approximate surface area is 168 Å². The van der Waals surface area contributed by atoms with Gasteiger partial charge in [0.05, 0.1) is 11.4 Å². The fourth-order valence-electron chi connectivity index (χ4n) is 3.82.